The summed E-state index contributed by atoms with van der Waals surface area (Å²) in [5.41, 5.74) is 0. The molecule has 116 valence electrons. The van der Waals surface area contributed by atoms with Crippen LogP contribution in [0.15, 0.2) is 0 Å². The van der Waals surface area contributed by atoms with E-state index in [-0.39, 0.29) is 24.1 Å². The number of nitrogens with zero attached hydrogens (tertiary/aromatic N) is 1. The Balaban J connectivity index is 2.03. The zero-order valence-electron chi connectivity index (χ0n) is 11.8. The van der Waals surface area contributed by atoms with Crippen molar-refractivity contribution in [3.63, 3.8) is 0 Å². The van der Waals surface area contributed by atoms with Gasteiger partial charge in [0.05, 0.1) is 25.4 Å². The van der Waals surface area contributed by atoms with Gasteiger partial charge >= 0.3 is 5.97 Å². The molecule has 0 amide bonds. The van der Waals surface area contributed by atoms with E-state index in [1.165, 1.54) is 11.4 Å². The van der Waals surface area contributed by atoms with E-state index in [9.17, 15) is 18.3 Å². The average Bonchev–Trinajstić information content (AvgIpc) is 3.04. The second kappa shape index (κ2) is 6.41. The highest BCUT2D eigenvalue weighted by Gasteiger charge is 2.42. The molecule has 3 unspecified atom stereocenters. The lowest BCUT2D eigenvalue weighted by Crippen LogP contribution is -2.43. The lowest BCUT2D eigenvalue weighted by Gasteiger charge is -2.30. The van der Waals surface area contributed by atoms with Crippen LogP contribution < -0.4 is 0 Å². The molecule has 7 heteroatoms. The number of aliphatic hydroxyl groups is 1. The van der Waals surface area contributed by atoms with Crippen molar-refractivity contribution in [2.45, 2.75) is 50.7 Å². The normalized spacial score (nSPS) is 31.6. The molecule has 1 N–H and O–H groups in total. The van der Waals surface area contributed by atoms with E-state index in [0.717, 1.165) is 32.1 Å². The van der Waals surface area contributed by atoms with Gasteiger partial charge in [-0.25, -0.2) is 8.42 Å². The topological polar surface area (TPSA) is 83.9 Å². The maximum Gasteiger partial charge on any atom is 0.306 e. The van der Waals surface area contributed by atoms with Gasteiger partial charge in [0.1, 0.15) is 0 Å². The lowest BCUT2D eigenvalue weighted by atomic mass is 9.95. The zero-order valence-corrected chi connectivity index (χ0v) is 12.6. The molecule has 20 heavy (non-hydrogen) atoms. The molecule has 1 saturated heterocycles. The Kier molecular flexibility index (Phi) is 5.04. The molecule has 0 radical (unpaired) electrons. The summed E-state index contributed by atoms with van der Waals surface area (Å²) in [6, 6.07) is -0.102. The largest absolute Gasteiger partial charge is 0.469 e. The molecule has 0 aromatic rings. The van der Waals surface area contributed by atoms with Crippen molar-refractivity contribution in [1.82, 2.24) is 4.31 Å². The van der Waals surface area contributed by atoms with Crippen molar-refractivity contribution in [2.24, 2.45) is 5.92 Å². The van der Waals surface area contributed by atoms with E-state index >= 15 is 0 Å². The second-order valence-electron chi connectivity index (χ2n) is 5.62. The van der Waals surface area contributed by atoms with Gasteiger partial charge in [-0.1, -0.05) is 6.42 Å². The SMILES string of the molecule is COC(=O)CCS(=O)(=O)N1CCCC1C1CCCC1O. The molecule has 2 fully saturated rings. The maximum absolute atomic E-state index is 12.4. The molecule has 0 bridgehead atoms. The summed E-state index contributed by atoms with van der Waals surface area (Å²) in [5.74, 6) is -0.672. The van der Waals surface area contributed by atoms with Crippen molar-refractivity contribution in [1.29, 1.82) is 0 Å². The summed E-state index contributed by atoms with van der Waals surface area (Å²) < 4.78 is 30.7. The molecule has 2 aliphatic rings. The van der Waals surface area contributed by atoms with Crippen LogP contribution in [-0.4, -0.2) is 55.4 Å². The predicted molar refractivity (Wildman–Crippen MR) is 73.5 cm³/mol. The van der Waals surface area contributed by atoms with Crippen molar-refractivity contribution in [3.8, 4) is 0 Å². The number of esters is 1. The third kappa shape index (κ3) is 3.32. The minimum Gasteiger partial charge on any atom is -0.469 e. The van der Waals surface area contributed by atoms with Crippen LogP contribution in [0.5, 0.6) is 0 Å². The Morgan fingerprint density at radius 2 is 2.05 bits per heavy atom. The van der Waals surface area contributed by atoms with Gasteiger partial charge in [-0.2, -0.15) is 4.31 Å². The average molecular weight is 305 g/mol. The van der Waals surface area contributed by atoms with Gasteiger partial charge < -0.3 is 9.84 Å². The van der Waals surface area contributed by atoms with Crippen molar-refractivity contribution in [2.75, 3.05) is 19.4 Å². The Morgan fingerprint density at radius 3 is 2.65 bits per heavy atom. The predicted octanol–water partition coefficient (Wildman–Crippen LogP) is 0.505. The summed E-state index contributed by atoms with van der Waals surface area (Å²) >= 11 is 0. The quantitative estimate of drug-likeness (QED) is 0.748. The number of hydrogen-bond donors (Lipinski definition) is 1. The molecule has 1 saturated carbocycles. The number of rotatable bonds is 5. The molecule has 0 spiro atoms. The second-order valence-corrected chi connectivity index (χ2v) is 7.67. The highest BCUT2D eigenvalue weighted by atomic mass is 32.2. The van der Waals surface area contributed by atoms with E-state index in [0.29, 0.717) is 6.54 Å². The number of methoxy groups -OCH3 is 1. The van der Waals surface area contributed by atoms with Crippen LogP contribution in [0.1, 0.15) is 38.5 Å². The number of carbonyl (C=O) groups excluding carboxylic acids is 1. The monoisotopic (exact) mass is 305 g/mol. The molecule has 1 aliphatic carbocycles. The Morgan fingerprint density at radius 1 is 1.30 bits per heavy atom. The first-order valence-corrected chi connectivity index (χ1v) is 8.81. The van der Waals surface area contributed by atoms with Gasteiger partial charge in [0.2, 0.25) is 10.0 Å². The molecular formula is C13H23NO5S. The Labute approximate surface area is 120 Å². The van der Waals surface area contributed by atoms with Crippen molar-refractivity contribution < 1.29 is 23.1 Å². The highest BCUT2D eigenvalue weighted by molar-refractivity contribution is 7.89. The van der Waals surface area contributed by atoms with E-state index in [1.807, 2.05) is 0 Å². The van der Waals surface area contributed by atoms with E-state index in [1.54, 1.807) is 0 Å². The van der Waals surface area contributed by atoms with Crippen LogP contribution >= 0.6 is 0 Å². The van der Waals surface area contributed by atoms with Gasteiger partial charge in [-0.15, -0.1) is 0 Å². The number of sulfonamides is 1. The van der Waals surface area contributed by atoms with Gasteiger partial charge in [0.25, 0.3) is 0 Å². The Hall–Kier alpha value is -0.660. The fourth-order valence-electron chi connectivity index (χ4n) is 3.39. The van der Waals surface area contributed by atoms with Crippen LogP contribution in [0, 0.1) is 5.92 Å². The Bertz CT molecular complexity index is 450. The van der Waals surface area contributed by atoms with Crippen LogP contribution in [0.2, 0.25) is 0 Å². The first kappa shape index (κ1) is 15.7. The van der Waals surface area contributed by atoms with Crippen LogP contribution in [0.4, 0.5) is 0 Å². The molecule has 0 aromatic carbocycles. The van der Waals surface area contributed by atoms with Crippen molar-refractivity contribution >= 4 is 16.0 Å². The molecule has 0 aromatic heterocycles. The number of aliphatic hydroxyl groups excluding tert-OH is 1. The summed E-state index contributed by atoms with van der Waals surface area (Å²) in [6.45, 7) is 0.497. The molecule has 1 heterocycles. The van der Waals surface area contributed by atoms with Gasteiger partial charge in [0.15, 0.2) is 0 Å². The summed E-state index contributed by atoms with van der Waals surface area (Å²) in [6.07, 6.45) is 3.72. The summed E-state index contributed by atoms with van der Waals surface area (Å²) in [5, 5.41) is 9.99. The first-order valence-electron chi connectivity index (χ1n) is 7.20. The molecule has 1 aliphatic heterocycles. The maximum atomic E-state index is 12.4. The van der Waals surface area contributed by atoms with Crippen LogP contribution in [-0.2, 0) is 19.6 Å². The van der Waals surface area contributed by atoms with E-state index in [2.05, 4.69) is 4.74 Å². The molecular weight excluding hydrogens is 282 g/mol. The van der Waals surface area contributed by atoms with E-state index in [4.69, 9.17) is 0 Å². The minimum atomic E-state index is -3.45. The van der Waals surface area contributed by atoms with Crippen molar-refractivity contribution in [3.05, 3.63) is 0 Å². The third-order valence-electron chi connectivity index (χ3n) is 4.42. The number of carbonyl (C=O) groups is 1. The zero-order chi connectivity index (χ0) is 14.8. The number of hydrogen-bond acceptors (Lipinski definition) is 5. The molecule has 6 nitrogen and oxygen atoms in total. The molecule has 3 atom stereocenters. The van der Waals surface area contributed by atoms with E-state index < -0.39 is 22.1 Å². The highest BCUT2D eigenvalue weighted by Crippen LogP contribution is 2.37. The fraction of sp³-hybridized carbons (Fsp3) is 0.923. The standard InChI is InChI=1S/C13H23NO5S/c1-19-13(16)7-9-20(17,18)14-8-3-5-11(14)10-4-2-6-12(10)15/h10-12,15H,2-9H2,1H3. The lowest BCUT2D eigenvalue weighted by molar-refractivity contribution is -0.140. The van der Waals surface area contributed by atoms with Gasteiger partial charge in [-0.05, 0) is 25.7 Å². The van der Waals surface area contributed by atoms with Crippen LogP contribution in [0.3, 0.4) is 0 Å². The summed E-state index contributed by atoms with van der Waals surface area (Å²) in [7, 11) is -2.20. The van der Waals surface area contributed by atoms with Gasteiger partial charge in [-0.3, -0.25) is 4.79 Å². The van der Waals surface area contributed by atoms with Gasteiger partial charge in [0, 0.05) is 18.5 Å². The summed E-state index contributed by atoms with van der Waals surface area (Å²) in [4.78, 5) is 11.1. The smallest absolute Gasteiger partial charge is 0.306 e. The third-order valence-corrected chi connectivity index (χ3v) is 6.31. The molecule has 2 rings (SSSR count). The number of ether oxygens (including phenoxy) is 1. The first-order chi connectivity index (χ1) is 9.45. The minimum absolute atomic E-state index is 0.0467. The van der Waals surface area contributed by atoms with Crippen LogP contribution in [0.25, 0.3) is 0 Å². The fourth-order valence-corrected chi connectivity index (χ4v) is 5.13.